The van der Waals surface area contributed by atoms with Crippen LogP contribution in [-0.2, 0) is 12.8 Å². The summed E-state index contributed by atoms with van der Waals surface area (Å²) in [6, 6.07) is 8.00. The number of carbonyl (C=O) groups is 1. The minimum Gasteiger partial charge on any atom is -0.496 e. The third-order valence-corrected chi connectivity index (χ3v) is 6.54. The number of para-hydroxylation sites is 1. The van der Waals surface area contributed by atoms with Crippen LogP contribution in [0.15, 0.2) is 33.7 Å². The van der Waals surface area contributed by atoms with Crippen LogP contribution in [-0.4, -0.2) is 29.9 Å². The van der Waals surface area contributed by atoms with Crippen molar-refractivity contribution < 1.29 is 13.9 Å². The van der Waals surface area contributed by atoms with E-state index in [1.807, 2.05) is 43.0 Å². The lowest BCUT2D eigenvalue weighted by Gasteiger charge is -2.22. The molecule has 27 heavy (non-hydrogen) atoms. The number of carbonyl (C=O) groups excluding carboxylic acids is 1. The number of nitrogens with zero attached hydrogens (tertiary/aromatic N) is 1. The van der Waals surface area contributed by atoms with E-state index in [4.69, 9.17) is 14.1 Å². The fraction of sp³-hybridized carbons (Fsp3) is 0.429. The van der Waals surface area contributed by atoms with Crippen LogP contribution >= 0.6 is 11.8 Å². The Morgan fingerprint density at radius 2 is 2.19 bits per heavy atom. The predicted octanol–water partition coefficient (Wildman–Crippen LogP) is 4.09. The maximum atomic E-state index is 12.7. The molecule has 2 aromatic rings. The summed E-state index contributed by atoms with van der Waals surface area (Å²) in [5.41, 5.74) is 3.14. The molecule has 1 aliphatic heterocycles. The molecule has 1 aliphatic carbocycles. The molecular formula is C21H24N2O3S. The van der Waals surface area contributed by atoms with Crippen molar-refractivity contribution in [2.75, 3.05) is 13.7 Å². The van der Waals surface area contributed by atoms with Gasteiger partial charge in [-0.05, 0) is 38.3 Å². The predicted molar refractivity (Wildman–Crippen MR) is 108 cm³/mol. The molecule has 2 heterocycles. The Bertz CT molecular complexity index is 903. The second-order valence-electron chi connectivity index (χ2n) is 7.00. The Balaban J connectivity index is 1.46. The first-order chi connectivity index (χ1) is 13.1. The fourth-order valence-corrected chi connectivity index (χ4v) is 5.18. The minimum atomic E-state index is -0.153. The molecule has 142 valence electrons. The molecule has 6 heteroatoms. The monoisotopic (exact) mass is 384 g/mol. The lowest BCUT2D eigenvalue weighted by molar-refractivity contribution is 0.0923. The summed E-state index contributed by atoms with van der Waals surface area (Å²) >= 11 is 1.85. The number of thioether (sulfide) groups is 1. The molecule has 0 bridgehead atoms. The third kappa shape index (κ3) is 3.38. The molecule has 0 spiro atoms. The molecule has 0 unspecified atom stereocenters. The summed E-state index contributed by atoms with van der Waals surface area (Å²) in [6.07, 6.45) is 2.63. The largest absolute Gasteiger partial charge is 0.496 e. The SMILES string of the molecule is COc1ccccc1CCNC(=O)c1oc2c(c1C)[C@H]1N=C(C)S[C@@H]1CC2. The number of hydrogen-bond acceptors (Lipinski definition) is 5. The first-order valence-electron chi connectivity index (χ1n) is 9.31. The summed E-state index contributed by atoms with van der Waals surface area (Å²) in [6.45, 7) is 4.57. The number of furan rings is 1. The molecule has 0 radical (unpaired) electrons. The molecule has 0 fully saturated rings. The first-order valence-corrected chi connectivity index (χ1v) is 10.2. The number of benzene rings is 1. The summed E-state index contributed by atoms with van der Waals surface area (Å²) in [5, 5.41) is 4.60. The van der Waals surface area contributed by atoms with Gasteiger partial charge in [-0.25, -0.2) is 0 Å². The van der Waals surface area contributed by atoms with Crippen LogP contribution < -0.4 is 10.1 Å². The van der Waals surface area contributed by atoms with Crippen molar-refractivity contribution in [3.8, 4) is 5.75 Å². The highest BCUT2D eigenvalue weighted by Crippen LogP contribution is 2.47. The molecule has 1 aromatic heterocycles. The number of methoxy groups -OCH3 is 1. The molecule has 1 N–H and O–H groups in total. The Kier molecular flexibility index (Phi) is 5.00. The van der Waals surface area contributed by atoms with Crippen molar-refractivity contribution in [3.05, 3.63) is 52.5 Å². The third-order valence-electron chi connectivity index (χ3n) is 5.30. The van der Waals surface area contributed by atoms with E-state index in [2.05, 4.69) is 12.2 Å². The number of nitrogens with one attached hydrogen (secondary N) is 1. The second kappa shape index (κ2) is 7.43. The number of ether oxygens (including phenoxy) is 1. The summed E-state index contributed by atoms with van der Waals surface area (Å²) < 4.78 is 11.3. The van der Waals surface area contributed by atoms with E-state index in [1.165, 1.54) is 0 Å². The highest BCUT2D eigenvalue weighted by atomic mass is 32.2. The number of fused-ring (bicyclic) bond motifs is 3. The van der Waals surface area contributed by atoms with Gasteiger partial charge in [-0.1, -0.05) is 18.2 Å². The van der Waals surface area contributed by atoms with Crippen molar-refractivity contribution in [1.29, 1.82) is 0 Å². The molecule has 1 aromatic carbocycles. The van der Waals surface area contributed by atoms with Gasteiger partial charge in [0.25, 0.3) is 5.91 Å². The van der Waals surface area contributed by atoms with Crippen LogP contribution in [0.1, 0.15) is 52.4 Å². The molecule has 1 amide bonds. The Morgan fingerprint density at radius 1 is 1.37 bits per heavy atom. The quantitative estimate of drug-likeness (QED) is 0.843. The molecule has 0 saturated heterocycles. The van der Waals surface area contributed by atoms with Gasteiger partial charge < -0.3 is 14.5 Å². The molecule has 2 atom stereocenters. The van der Waals surface area contributed by atoms with Crippen molar-refractivity contribution in [3.63, 3.8) is 0 Å². The van der Waals surface area contributed by atoms with Crippen molar-refractivity contribution in [2.45, 2.75) is 44.4 Å². The van der Waals surface area contributed by atoms with Gasteiger partial charge in [-0.15, -0.1) is 11.8 Å². The van der Waals surface area contributed by atoms with E-state index in [0.717, 1.165) is 46.1 Å². The Labute approximate surface area is 163 Å². The van der Waals surface area contributed by atoms with Gasteiger partial charge in [0, 0.05) is 29.3 Å². The van der Waals surface area contributed by atoms with Crippen molar-refractivity contribution in [1.82, 2.24) is 5.32 Å². The van der Waals surface area contributed by atoms with Crippen LogP contribution in [0, 0.1) is 6.92 Å². The summed E-state index contributed by atoms with van der Waals surface area (Å²) in [7, 11) is 1.66. The zero-order chi connectivity index (χ0) is 19.0. The zero-order valence-corrected chi connectivity index (χ0v) is 16.7. The average molecular weight is 385 g/mol. The number of hydrogen-bond donors (Lipinski definition) is 1. The van der Waals surface area contributed by atoms with Gasteiger partial charge >= 0.3 is 0 Å². The lowest BCUT2D eigenvalue weighted by atomic mass is 9.90. The lowest BCUT2D eigenvalue weighted by Crippen LogP contribution is -2.26. The van der Waals surface area contributed by atoms with Crippen molar-refractivity contribution in [2.24, 2.45) is 4.99 Å². The normalized spacial score (nSPS) is 20.6. The topological polar surface area (TPSA) is 63.8 Å². The van der Waals surface area contributed by atoms with E-state index < -0.39 is 0 Å². The zero-order valence-electron chi connectivity index (χ0n) is 15.9. The van der Waals surface area contributed by atoms with E-state index in [9.17, 15) is 4.79 Å². The van der Waals surface area contributed by atoms with Gasteiger partial charge in [-0.2, -0.15) is 0 Å². The highest BCUT2D eigenvalue weighted by molar-refractivity contribution is 8.14. The average Bonchev–Trinajstić information content (AvgIpc) is 3.21. The smallest absolute Gasteiger partial charge is 0.287 e. The second-order valence-corrected chi connectivity index (χ2v) is 8.43. The van der Waals surface area contributed by atoms with Gasteiger partial charge in [-0.3, -0.25) is 9.79 Å². The van der Waals surface area contributed by atoms with Crippen LogP contribution in [0.5, 0.6) is 5.75 Å². The first kappa shape index (κ1) is 18.2. The van der Waals surface area contributed by atoms with E-state index in [-0.39, 0.29) is 11.9 Å². The van der Waals surface area contributed by atoms with Crippen LogP contribution in [0.25, 0.3) is 0 Å². The van der Waals surface area contributed by atoms with E-state index in [1.54, 1.807) is 7.11 Å². The Morgan fingerprint density at radius 3 is 3.00 bits per heavy atom. The van der Waals surface area contributed by atoms with Crippen LogP contribution in [0.4, 0.5) is 0 Å². The van der Waals surface area contributed by atoms with Crippen molar-refractivity contribution >= 4 is 22.7 Å². The molecule has 5 nitrogen and oxygen atoms in total. The maximum absolute atomic E-state index is 12.7. The van der Waals surface area contributed by atoms with E-state index in [0.29, 0.717) is 24.0 Å². The highest BCUT2D eigenvalue weighted by Gasteiger charge is 2.39. The summed E-state index contributed by atoms with van der Waals surface area (Å²) in [5.74, 6) is 2.06. The van der Waals surface area contributed by atoms with Gasteiger partial charge in [0.05, 0.1) is 18.2 Å². The van der Waals surface area contributed by atoms with Gasteiger partial charge in [0.2, 0.25) is 0 Å². The number of rotatable bonds is 5. The number of aliphatic imine (C=N–C) groups is 1. The van der Waals surface area contributed by atoms with Gasteiger partial charge in [0.1, 0.15) is 11.5 Å². The maximum Gasteiger partial charge on any atom is 0.287 e. The standard InChI is InChI=1S/C21H24N2O3S/c1-12-18-16(8-9-17-19(18)23-13(2)27-17)26-20(12)21(24)22-11-10-14-6-4-5-7-15(14)25-3/h4-7,17,19H,8-11H2,1-3H3,(H,22,24)/t17-,19+/m1/s1. The fourth-order valence-electron chi connectivity index (χ4n) is 4.01. The minimum absolute atomic E-state index is 0.137. The van der Waals surface area contributed by atoms with Crippen LogP contribution in [0.3, 0.4) is 0 Å². The summed E-state index contributed by atoms with van der Waals surface area (Å²) in [4.78, 5) is 17.5. The van der Waals surface area contributed by atoms with E-state index >= 15 is 0 Å². The molecule has 2 aliphatic rings. The molecular weight excluding hydrogens is 360 g/mol. The van der Waals surface area contributed by atoms with Gasteiger partial charge in [0.15, 0.2) is 5.76 Å². The Hall–Kier alpha value is -2.21. The molecule has 4 rings (SSSR count). The molecule has 0 saturated carbocycles. The number of amides is 1. The number of aryl methyl sites for hydroxylation is 1. The van der Waals surface area contributed by atoms with Crippen LogP contribution in [0.2, 0.25) is 0 Å².